The number of nitrogens with two attached hydrogens (primary N) is 1. The SMILES string of the molecule is COc1ccc(-c2c(C#N)c(N)nc3c2CCCCC3)c(OC)c1OC. The van der Waals surface area contributed by atoms with E-state index < -0.39 is 0 Å². The number of benzene rings is 1. The number of rotatable bonds is 4. The minimum atomic E-state index is 0.264. The van der Waals surface area contributed by atoms with Crippen molar-refractivity contribution in [3.63, 3.8) is 0 Å². The second-order valence-electron chi connectivity index (χ2n) is 6.23. The van der Waals surface area contributed by atoms with Crippen LogP contribution in [0.25, 0.3) is 11.1 Å². The first-order valence-electron chi connectivity index (χ1n) is 8.66. The van der Waals surface area contributed by atoms with Crippen LogP contribution in [-0.4, -0.2) is 26.3 Å². The minimum absolute atomic E-state index is 0.264. The van der Waals surface area contributed by atoms with Crippen molar-refractivity contribution in [1.29, 1.82) is 5.26 Å². The molecule has 2 aromatic rings. The molecule has 0 bridgehead atoms. The number of pyridine rings is 1. The Kier molecular flexibility index (Phi) is 5.17. The molecule has 2 N–H and O–H groups in total. The summed E-state index contributed by atoms with van der Waals surface area (Å²) in [5.74, 6) is 1.86. The highest BCUT2D eigenvalue weighted by molar-refractivity contribution is 5.85. The van der Waals surface area contributed by atoms with E-state index in [4.69, 9.17) is 19.9 Å². The molecule has 3 rings (SSSR count). The zero-order valence-corrected chi connectivity index (χ0v) is 15.4. The number of methoxy groups -OCH3 is 3. The van der Waals surface area contributed by atoms with E-state index >= 15 is 0 Å². The summed E-state index contributed by atoms with van der Waals surface area (Å²) in [6.45, 7) is 0. The highest BCUT2D eigenvalue weighted by Crippen LogP contribution is 2.47. The normalized spacial score (nSPS) is 13.3. The van der Waals surface area contributed by atoms with Gasteiger partial charge in [0.25, 0.3) is 0 Å². The molecule has 6 nitrogen and oxygen atoms in total. The molecule has 1 aliphatic rings. The number of anilines is 1. The van der Waals surface area contributed by atoms with Gasteiger partial charge in [-0.2, -0.15) is 5.26 Å². The van der Waals surface area contributed by atoms with Gasteiger partial charge in [-0.1, -0.05) is 6.42 Å². The van der Waals surface area contributed by atoms with Crippen molar-refractivity contribution in [2.24, 2.45) is 0 Å². The third kappa shape index (κ3) is 2.90. The molecular formula is C20H23N3O3. The Balaban J connectivity index is 2.37. The highest BCUT2D eigenvalue weighted by atomic mass is 16.5. The molecule has 26 heavy (non-hydrogen) atoms. The molecule has 1 aromatic carbocycles. The first-order chi connectivity index (χ1) is 12.7. The average molecular weight is 353 g/mol. The van der Waals surface area contributed by atoms with Crippen molar-refractivity contribution in [3.8, 4) is 34.4 Å². The summed E-state index contributed by atoms with van der Waals surface area (Å²) in [6, 6.07) is 5.94. The number of nitrogens with zero attached hydrogens (tertiary/aromatic N) is 2. The van der Waals surface area contributed by atoms with Crippen LogP contribution in [0, 0.1) is 11.3 Å². The Labute approximate surface area is 153 Å². The fourth-order valence-corrected chi connectivity index (χ4v) is 3.65. The molecule has 0 amide bonds. The second-order valence-corrected chi connectivity index (χ2v) is 6.23. The van der Waals surface area contributed by atoms with E-state index in [0.717, 1.165) is 54.5 Å². The van der Waals surface area contributed by atoms with Gasteiger partial charge in [-0.25, -0.2) is 4.98 Å². The monoisotopic (exact) mass is 353 g/mol. The molecule has 0 spiro atoms. The molecule has 0 saturated carbocycles. The number of hydrogen-bond donors (Lipinski definition) is 1. The molecule has 0 atom stereocenters. The van der Waals surface area contributed by atoms with E-state index in [9.17, 15) is 5.26 Å². The van der Waals surface area contributed by atoms with E-state index in [0.29, 0.717) is 22.8 Å². The second kappa shape index (κ2) is 7.52. The van der Waals surface area contributed by atoms with Crippen molar-refractivity contribution >= 4 is 5.82 Å². The maximum absolute atomic E-state index is 9.76. The van der Waals surface area contributed by atoms with Crippen LogP contribution < -0.4 is 19.9 Å². The maximum atomic E-state index is 9.76. The lowest BCUT2D eigenvalue weighted by Crippen LogP contribution is -2.08. The molecule has 0 unspecified atom stereocenters. The fourth-order valence-electron chi connectivity index (χ4n) is 3.65. The van der Waals surface area contributed by atoms with Crippen LogP contribution in [0.3, 0.4) is 0 Å². The molecule has 0 fully saturated rings. The summed E-state index contributed by atoms with van der Waals surface area (Å²) in [5.41, 5.74) is 10.2. The van der Waals surface area contributed by atoms with E-state index in [2.05, 4.69) is 11.1 Å². The predicted molar refractivity (Wildman–Crippen MR) is 99.7 cm³/mol. The van der Waals surface area contributed by atoms with Crippen LogP contribution in [0.4, 0.5) is 5.82 Å². The third-order valence-electron chi connectivity index (χ3n) is 4.84. The van der Waals surface area contributed by atoms with E-state index in [-0.39, 0.29) is 5.82 Å². The number of aromatic nitrogens is 1. The third-order valence-corrected chi connectivity index (χ3v) is 4.84. The fraction of sp³-hybridized carbons (Fsp3) is 0.400. The summed E-state index contributed by atoms with van der Waals surface area (Å²) in [5, 5.41) is 9.76. The van der Waals surface area contributed by atoms with Gasteiger partial charge >= 0.3 is 0 Å². The van der Waals surface area contributed by atoms with Crippen LogP contribution in [0.15, 0.2) is 12.1 Å². The van der Waals surface area contributed by atoms with Crippen molar-refractivity contribution in [1.82, 2.24) is 4.98 Å². The van der Waals surface area contributed by atoms with Gasteiger partial charge in [0, 0.05) is 16.8 Å². The molecule has 0 aliphatic heterocycles. The van der Waals surface area contributed by atoms with Crippen molar-refractivity contribution < 1.29 is 14.2 Å². The molecule has 1 heterocycles. The van der Waals surface area contributed by atoms with Gasteiger partial charge in [0.2, 0.25) is 5.75 Å². The number of nitrogen functional groups attached to an aromatic ring is 1. The number of hydrogen-bond acceptors (Lipinski definition) is 6. The summed E-state index contributed by atoms with van der Waals surface area (Å²) < 4.78 is 16.5. The van der Waals surface area contributed by atoms with E-state index in [1.54, 1.807) is 21.3 Å². The average Bonchev–Trinajstić information content (AvgIpc) is 2.90. The lowest BCUT2D eigenvalue weighted by Gasteiger charge is -2.20. The van der Waals surface area contributed by atoms with Gasteiger partial charge in [0.05, 0.1) is 21.3 Å². The van der Waals surface area contributed by atoms with Crippen LogP contribution >= 0.6 is 0 Å². The Morgan fingerprint density at radius 3 is 2.38 bits per heavy atom. The van der Waals surface area contributed by atoms with Crippen LogP contribution in [0.1, 0.15) is 36.1 Å². The Hall–Kier alpha value is -2.94. The minimum Gasteiger partial charge on any atom is -0.493 e. The first kappa shape index (κ1) is 17.9. The number of nitriles is 1. The van der Waals surface area contributed by atoms with Gasteiger partial charge in [-0.3, -0.25) is 0 Å². The van der Waals surface area contributed by atoms with Gasteiger partial charge in [-0.05, 0) is 43.4 Å². The first-order valence-corrected chi connectivity index (χ1v) is 8.66. The zero-order valence-electron chi connectivity index (χ0n) is 15.4. The van der Waals surface area contributed by atoms with Crippen molar-refractivity contribution in [3.05, 3.63) is 29.0 Å². The highest BCUT2D eigenvalue weighted by Gasteiger charge is 2.26. The predicted octanol–water partition coefficient (Wildman–Crippen LogP) is 3.50. The van der Waals surface area contributed by atoms with Crippen molar-refractivity contribution in [2.75, 3.05) is 27.1 Å². The quantitative estimate of drug-likeness (QED) is 0.846. The van der Waals surface area contributed by atoms with E-state index in [1.165, 1.54) is 0 Å². The van der Waals surface area contributed by atoms with Crippen LogP contribution in [0.5, 0.6) is 17.2 Å². The Morgan fingerprint density at radius 2 is 1.73 bits per heavy atom. The maximum Gasteiger partial charge on any atom is 0.203 e. The standard InChI is InChI=1S/C20H23N3O3/c1-24-16-10-9-13(18(25-2)19(16)26-3)17-12-7-5-4-6-8-15(12)23-20(22)14(17)11-21/h9-10H,4-8H2,1-3H3,(H2,22,23). The molecule has 1 aromatic heterocycles. The smallest absolute Gasteiger partial charge is 0.203 e. The van der Waals surface area contributed by atoms with Gasteiger partial charge in [0.1, 0.15) is 17.5 Å². The molecule has 0 radical (unpaired) electrons. The van der Waals surface area contributed by atoms with Crippen LogP contribution in [-0.2, 0) is 12.8 Å². The zero-order chi connectivity index (χ0) is 18.7. The molecule has 0 saturated heterocycles. The molecule has 6 heteroatoms. The lowest BCUT2D eigenvalue weighted by atomic mass is 9.91. The summed E-state index contributed by atoms with van der Waals surface area (Å²) in [7, 11) is 4.72. The Bertz CT molecular complexity index is 872. The Morgan fingerprint density at radius 1 is 1.00 bits per heavy atom. The van der Waals surface area contributed by atoms with Crippen molar-refractivity contribution in [2.45, 2.75) is 32.1 Å². The van der Waals surface area contributed by atoms with Gasteiger partial charge in [-0.15, -0.1) is 0 Å². The summed E-state index contributed by atoms with van der Waals surface area (Å²) >= 11 is 0. The largest absolute Gasteiger partial charge is 0.493 e. The van der Waals surface area contributed by atoms with Crippen LogP contribution in [0.2, 0.25) is 0 Å². The summed E-state index contributed by atoms with van der Waals surface area (Å²) in [4.78, 5) is 4.52. The molecule has 1 aliphatic carbocycles. The molecular weight excluding hydrogens is 330 g/mol. The van der Waals surface area contributed by atoms with Gasteiger partial charge in [0.15, 0.2) is 11.5 Å². The number of ether oxygens (including phenoxy) is 3. The number of fused-ring (bicyclic) bond motifs is 1. The lowest BCUT2D eigenvalue weighted by molar-refractivity contribution is 0.325. The topological polar surface area (TPSA) is 90.4 Å². The molecule has 136 valence electrons. The summed E-state index contributed by atoms with van der Waals surface area (Å²) in [6.07, 6.45) is 5.01. The number of aryl methyl sites for hydroxylation is 1. The van der Waals surface area contributed by atoms with E-state index in [1.807, 2.05) is 12.1 Å². The van der Waals surface area contributed by atoms with Gasteiger partial charge < -0.3 is 19.9 Å².